The number of aliphatic hydroxyl groups is 2. The van der Waals surface area contributed by atoms with E-state index in [-0.39, 0.29) is 12.4 Å². The van der Waals surface area contributed by atoms with Crippen molar-refractivity contribution in [3.05, 3.63) is 0 Å². The van der Waals surface area contributed by atoms with Crippen LogP contribution in [0.15, 0.2) is 0 Å². The fourth-order valence-corrected chi connectivity index (χ4v) is 0.490. The number of rotatable bonds is 2. The molecule has 0 fully saturated rings. The summed E-state index contributed by atoms with van der Waals surface area (Å²) in [5.74, 6) is 0. The standard InChI is InChI=1S/C5H14NO2.ClH/c1-6(2,3)4-5(7)8;/h5,7-8H,4H2,1-3H3;1H/q+1;/p-1. The molecule has 0 aromatic carbocycles. The van der Waals surface area contributed by atoms with Crippen molar-refractivity contribution < 1.29 is 27.1 Å². The predicted octanol–water partition coefficient (Wildman–Crippen LogP) is -3.99. The van der Waals surface area contributed by atoms with Gasteiger partial charge in [0.15, 0.2) is 0 Å². The van der Waals surface area contributed by atoms with Gasteiger partial charge in [0.05, 0.1) is 21.1 Å². The Morgan fingerprint density at radius 1 is 1.22 bits per heavy atom. The molecule has 4 heteroatoms. The van der Waals surface area contributed by atoms with E-state index in [0.717, 1.165) is 0 Å². The molecule has 0 amide bonds. The van der Waals surface area contributed by atoms with Crippen LogP contribution in [0.2, 0.25) is 0 Å². The minimum Gasteiger partial charge on any atom is -1.00 e. The molecule has 2 N–H and O–H groups in total. The molecule has 0 aromatic rings. The third kappa shape index (κ3) is 11.6. The normalized spacial score (nSPS) is 11.3. The van der Waals surface area contributed by atoms with Crippen molar-refractivity contribution >= 4 is 0 Å². The van der Waals surface area contributed by atoms with Crippen molar-refractivity contribution in [2.75, 3.05) is 27.7 Å². The van der Waals surface area contributed by atoms with Gasteiger partial charge in [0.2, 0.25) is 6.29 Å². The molecule has 0 rings (SSSR count). The zero-order valence-corrected chi connectivity index (χ0v) is 6.76. The lowest BCUT2D eigenvalue weighted by molar-refractivity contribution is -0.876. The largest absolute Gasteiger partial charge is 1.00 e. The van der Waals surface area contributed by atoms with Crippen LogP contribution < -0.4 is 12.4 Å². The molecular formula is C5H14ClNO2. The number of nitrogens with zero attached hydrogens (tertiary/aromatic N) is 1. The monoisotopic (exact) mass is 155 g/mol. The summed E-state index contributed by atoms with van der Waals surface area (Å²) < 4.78 is 0.581. The lowest BCUT2D eigenvalue weighted by Gasteiger charge is -2.24. The number of hydrogen-bond donors (Lipinski definition) is 2. The highest BCUT2D eigenvalue weighted by atomic mass is 35.5. The molecule has 0 saturated heterocycles. The van der Waals surface area contributed by atoms with Crippen LogP contribution in [0.1, 0.15) is 0 Å². The van der Waals surface area contributed by atoms with Gasteiger partial charge in [-0.2, -0.15) is 0 Å². The number of halogens is 1. The summed E-state index contributed by atoms with van der Waals surface area (Å²) in [7, 11) is 5.71. The smallest absolute Gasteiger partial charge is 0.202 e. The maximum absolute atomic E-state index is 8.43. The van der Waals surface area contributed by atoms with Crippen LogP contribution in [0.4, 0.5) is 0 Å². The maximum Gasteiger partial charge on any atom is 0.202 e. The molecule has 0 spiro atoms. The van der Waals surface area contributed by atoms with Crippen molar-refractivity contribution in [2.24, 2.45) is 0 Å². The van der Waals surface area contributed by atoms with Gasteiger partial charge in [-0.3, -0.25) is 0 Å². The molecule has 0 aliphatic rings. The van der Waals surface area contributed by atoms with Gasteiger partial charge in [-0.1, -0.05) is 0 Å². The minimum atomic E-state index is -1.19. The lowest BCUT2D eigenvalue weighted by atomic mass is 10.5. The van der Waals surface area contributed by atoms with Gasteiger partial charge in [-0.15, -0.1) is 0 Å². The number of quaternary nitrogens is 1. The van der Waals surface area contributed by atoms with Crippen LogP contribution in [-0.4, -0.2) is 48.7 Å². The average Bonchev–Trinajstić information content (AvgIpc) is 1.21. The van der Waals surface area contributed by atoms with E-state index in [1.165, 1.54) is 0 Å². The fourth-order valence-electron chi connectivity index (χ4n) is 0.490. The summed E-state index contributed by atoms with van der Waals surface area (Å²) in [6.45, 7) is 0.375. The van der Waals surface area contributed by atoms with Crippen molar-refractivity contribution in [1.29, 1.82) is 0 Å². The first-order chi connectivity index (χ1) is 3.42. The lowest BCUT2D eigenvalue weighted by Crippen LogP contribution is -3.00. The number of hydrogen-bond acceptors (Lipinski definition) is 2. The van der Waals surface area contributed by atoms with E-state index in [2.05, 4.69) is 0 Å². The molecule has 0 saturated carbocycles. The van der Waals surface area contributed by atoms with E-state index in [9.17, 15) is 0 Å². The molecule has 0 heterocycles. The highest BCUT2D eigenvalue weighted by molar-refractivity contribution is 4.28. The molecule has 0 unspecified atom stereocenters. The van der Waals surface area contributed by atoms with Crippen LogP contribution in [0.3, 0.4) is 0 Å². The maximum atomic E-state index is 8.43. The molecule has 0 aliphatic carbocycles. The van der Waals surface area contributed by atoms with Crippen molar-refractivity contribution in [3.8, 4) is 0 Å². The topological polar surface area (TPSA) is 40.5 Å². The van der Waals surface area contributed by atoms with Gasteiger partial charge >= 0.3 is 0 Å². The van der Waals surface area contributed by atoms with Crippen LogP contribution in [0.25, 0.3) is 0 Å². The summed E-state index contributed by atoms with van der Waals surface area (Å²) in [4.78, 5) is 0. The summed E-state index contributed by atoms with van der Waals surface area (Å²) in [5, 5.41) is 16.9. The molecule has 3 nitrogen and oxygen atoms in total. The van der Waals surface area contributed by atoms with Gasteiger partial charge in [0.25, 0.3) is 0 Å². The van der Waals surface area contributed by atoms with E-state index >= 15 is 0 Å². The van der Waals surface area contributed by atoms with Crippen molar-refractivity contribution in [3.63, 3.8) is 0 Å². The zero-order valence-electron chi connectivity index (χ0n) is 6.00. The summed E-state index contributed by atoms with van der Waals surface area (Å²) >= 11 is 0. The Balaban J connectivity index is 0. The molecule has 0 aromatic heterocycles. The van der Waals surface area contributed by atoms with Gasteiger partial charge in [0, 0.05) is 0 Å². The second kappa shape index (κ2) is 4.06. The van der Waals surface area contributed by atoms with E-state index < -0.39 is 6.29 Å². The van der Waals surface area contributed by atoms with Crippen molar-refractivity contribution in [2.45, 2.75) is 6.29 Å². The average molecular weight is 156 g/mol. The summed E-state index contributed by atoms with van der Waals surface area (Å²) in [5.41, 5.74) is 0. The molecular weight excluding hydrogens is 142 g/mol. The Morgan fingerprint density at radius 2 is 1.56 bits per heavy atom. The Bertz CT molecular complexity index is 69.8. The van der Waals surface area contributed by atoms with Crippen LogP contribution in [0.5, 0.6) is 0 Å². The highest BCUT2D eigenvalue weighted by Gasteiger charge is 2.10. The first-order valence-electron chi connectivity index (χ1n) is 2.58. The first kappa shape index (κ1) is 11.9. The Morgan fingerprint density at radius 3 is 1.56 bits per heavy atom. The molecule has 0 bridgehead atoms. The van der Waals surface area contributed by atoms with Crippen LogP contribution >= 0.6 is 0 Å². The fraction of sp³-hybridized carbons (Fsp3) is 1.00. The van der Waals surface area contributed by atoms with Gasteiger partial charge in [0.1, 0.15) is 6.54 Å². The van der Waals surface area contributed by atoms with E-state index in [0.29, 0.717) is 11.0 Å². The predicted molar refractivity (Wildman–Crippen MR) is 31.1 cm³/mol. The molecule has 0 aliphatic heterocycles. The highest BCUT2D eigenvalue weighted by Crippen LogP contribution is 1.90. The minimum absolute atomic E-state index is 0. The van der Waals surface area contributed by atoms with Gasteiger partial charge in [-0.25, -0.2) is 0 Å². The third-order valence-electron chi connectivity index (χ3n) is 0.711. The molecule has 0 atom stereocenters. The number of aliphatic hydroxyl groups excluding tert-OH is 1. The molecule has 0 radical (unpaired) electrons. The van der Waals surface area contributed by atoms with Crippen LogP contribution in [-0.2, 0) is 0 Å². The molecule has 58 valence electrons. The Hall–Kier alpha value is 0.170. The molecule has 9 heavy (non-hydrogen) atoms. The Labute approximate surface area is 61.9 Å². The van der Waals surface area contributed by atoms with E-state index in [1.54, 1.807) is 0 Å². The van der Waals surface area contributed by atoms with Crippen molar-refractivity contribution in [1.82, 2.24) is 0 Å². The zero-order chi connectivity index (χ0) is 6.78. The third-order valence-corrected chi connectivity index (χ3v) is 0.711. The number of likely N-dealkylation sites (N-methyl/N-ethyl adjacent to an activating group) is 1. The van der Waals surface area contributed by atoms with Gasteiger partial charge in [-0.05, 0) is 0 Å². The van der Waals surface area contributed by atoms with Crippen LogP contribution in [0, 0.1) is 0 Å². The van der Waals surface area contributed by atoms with Gasteiger partial charge < -0.3 is 27.1 Å². The summed E-state index contributed by atoms with van der Waals surface area (Å²) in [6, 6.07) is 0. The second-order valence-corrected chi connectivity index (χ2v) is 2.95. The summed E-state index contributed by atoms with van der Waals surface area (Å²) in [6.07, 6.45) is -1.19. The quantitative estimate of drug-likeness (QED) is 0.315. The van der Waals surface area contributed by atoms with E-state index in [4.69, 9.17) is 10.2 Å². The van der Waals surface area contributed by atoms with E-state index in [1.807, 2.05) is 21.1 Å². The SMILES string of the molecule is C[N+](C)(C)CC(O)O.[Cl-]. The second-order valence-electron chi connectivity index (χ2n) is 2.95. The Kier molecular flexibility index (Phi) is 5.37. The first-order valence-corrected chi connectivity index (χ1v) is 2.58.